The number of nitrogens with one attached hydrogen (secondary N) is 1. The van der Waals surface area contributed by atoms with Gasteiger partial charge in [-0.3, -0.25) is 14.6 Å². The topological polar surface area (TPSA) is 65.5 Å². The fraction of sp³-hybridized carbons (Fsp3) is 0.480. The van der Waals surface area contributed by atoms with Crippen molar-refractivity contribution in [2.45, 2.75) is 50.6 Å². The van der Waals surface area contributed by atoms with E-state index in [1.807, 2.05) is 48.6 Å². The Kier molecular flexibility index (Phi) is 5.38. The Morgan fingerprint density at radius 2 is 1.77 bits per heavy atom. The largest absolute Gasteiger partial charge is 0.371 e. The van der Waals surface area contributed by atoms with Gasteiger partial charge in [0.05, 0.1) is 6.04 Å². The summed E-state index contributed by atoms with van der Waals surface area (Å²) in [7, 11) is 1.93. The SMILES string of the molecule is CN(C(=O)c1ccc2c(c1)C(NC(=O)C1CC1)CC2)C1CCN(c2ccncc2)CC1. The van der Waals surface area contributed by atoms with Crippen LogP contribution < -0.4 is 10.2 Å². The second-order valence-electron chi connectivity index (χ2n) is 9.13. The first-order valence-corrected chi connectivity index (χ1v) is 11.5. The molecule has 2 fully saturated rings. The first-order chi connectivity index (χ1) is 15.1. The number of aromatic nitrogens is 1. The highest BCUT2D eigenvalue weighted by Gasteiger charge is 2.33. The van der Waals surface area contributed by atoms with E-state index >= 15 is 0 Å². The highest BCUT2D eigenvalue weighted by atomic mass is 16.2. The highest BCUT2D eigenvalue weighted by molar-refractivity contribution is 5.94. The number of hydrogen-bond acceptors (Lipinski definition) is 4. The van der Waals surface area contributed by atoms with E-state index in [-0.39, 0.29) is 29.8 Å². The normalized spacial score (nSPS) is 20.9. The molecule has 1 saturated carbocycles. The molecule has 6 nitrogen and oxygen atoms in total. The molecule has 0 bridgehead atoms. The number of rotatable bonds is 5. The van der Waals surface area contributed by atoms with E-state index in [9.17, 15) is 9.59 Å². The van der Waals surface area contributed by atoms with Crippen LogP contribution in [-0.2, 0) is 11.2 Å². The van der Waals surface area contributed by atoms with Crippen LogP contribution >= 0.6 is 0 Å². The summed E-state index contributed by atoms with van der Waals surface area (Å²) >= 11 is 0. The summed E-state index contributed by atoms with van der Waals surface area (Å²) in [5, 5.41) is 3.20. The standard InChI is InChI=1S/C25H30N4O2/c1-28(20-10-14-29(15-11-20)21-8-12-26-13-9-21)25(31)19-5-2-17-6-7-23(22(17)16-19)27-24(30)18-3-4-18/h2,5,8-9,12-13,16,18,20,23H,3-4,6-7,10-11,14-15H2,1H3,(H,27,30). The number of amides is 2. The third kappa shape index (κ3) is 4.16. The van der Waals surface area contributed by atoms with Gasteiger partial charge in [-0.05, 0) is 73.9 Å². The molecule has 1 aromatic heterocycles. The molecule has 162 valence electrons. The number of aryl methyl sites for hydroxylation is 1. The molecule has 6 heteroatoms. The van der Waals surface area contributed by atoms with Crippen LogP contribution in [0.3, 0.4) is 0 Å². The fourth-order valence-electron chi connectivity index (χ4n) is 4.96. The quantitative estimate of drug-likeness (QED) is 0.809. The Morgan fingerprint density at radius 1 is 1.03 bits per heavy atom. The summed E-state index contributed by atoms with van der Waals surface area (Å²) in [6, 6.07) is 10.4. The predicted molar refractivity (Wildman–Crippen MR) is 120 cm³/mol. The molecular weight excluding hydrogens is 388 g/mol. The van der Waals surface area contributed by atoms with Gasteiger partial charge < -0.3 is 15.1 Å². The molecule has 2 amide bonds. The van der Waals surface area contributed by atoms with Crippen molar-refractivity contribution in [2.24, 2.45) is 5.92 Å². The van der Waals surface area contributed by atoms with Crippen LogP contribution in [0.25, 0.3) is 0 Å². The van der Waals surface area contributed by atoms with Crippen molar-refractivity contribution < 1.29 is 9.59 Å². The highest BCUT2D eigenvalue weighted by Crippen LogP contribution is 2.35. The van der Waals surface area contributed by atoms with E-state index in [0.717, 1.165) is 62.7 Å². The maximum absolute atomic E-state index is 13.3. The fourth-order valence-corrected chi connectivity index (χ4v) is 4.96. The van der Waals surface area contributed by atoms with E-state index in [0.29, 0.717) is 0 Å². The number of carbonyl (C=O) groups excluding carboxylic acids is 2. The summed E-state index contributed by atoms with van der Waals surface area (Å²) in [4.78, 5) is 33.9. The average Bonchev–Trinajstić information content (AvgIpc) is 3.61. The lowest BCUT2D eigenvalue weighted by Crippen LogP contribution is -2.45. The first kappa shape index (κ1) is 20.0. The van der Waals surface area contributed by atoms with E-state index in [2.05, 4.69) is 21.3 Å². The van der Waals surface area contributed by atoms with Gasteiger partial charge in [0.15, 0.2) is 0 Å². The zero-order valence-corrected chi connectivity index (χ0v) is 18.1. The minimum absolute atomic E-state index is 0.0461. The molecule has 1 aromatic carbocycles. The maximum atomic E-state index is 13.3. The molecule has 1 unspecified atom stereocenters. The predicted octanol–water partition coefficient (Wildman–Crippen LogP) is 3.34. The lowest BCUT2D eigenvalue weighted by atomic mass is 10.00. The molecule has 5 rings (SSSR count). The Labute approximate surface area is 183 Å². The van der Waals surface area contributed by atoms with Crippen LogP contribution in [0.2, 0.25) is 0 Å². The summed E-state index contributed by atoms with van der Waals surface area (Å²) in [5.41, 5.74) is 4.30. The van der Waals surface area contributed by atoms with Crippen molar-refractivity contribution in [3.8, 4) is 0 Å². The summed E-state index contributed by atoms with van der Waals surface area (Å²) in [6.45, 7) is 1.87. The molecule has 0 spiro atoms. The summed E-state index contributed by atoms with van der Waals surface area (Å²) in [5.74, 6) is 0.454. The number of carbonyl (C=O) groups is 2. The lowest BCUT2D eigenvalue weighted by Gasteiger charge is -2.38. The minimum Gasteiger partial charge on any atom is -0.371 e. The van der Waals surface area contributed by atoms with Crippen LogP contribution in [-0.4, -0.2) is 47.9 Å². The molecule has 1 atom stereocenters. The molecule has 0 radical (unpaired) electrons. The lowest BCUT2D eigenvalue weighted by molar-refractivity contribution is -0.123. The number of fused-ring (bicyclic) bond motifs is 1. The van der Waals surface area contributed by atoms with Crippen molar-refractivity contribution in [3.63, 3.8) is 0 Å². The molecule has 1 saturated heterocycles. The average molecular weight is 419 g/mol. The number of hydrogen-bond donors (Lipinski definition) is 1. The Hall–Kier alpha value is -2.89. The van der Waals surface area contributed by atoms with Crippen LogP contribution in [0.15, 0.2) is 42.7 Å². The third-order valence-electron chi connectivity index (χ3n) is 7.10. The zero-order valence-electron chi connectivity index (χ0n) is 18.1. The second kappa shape index (κ2) is 8.33. The Morgan fingerprint density at radius 3 is 2.48 bits per heavy atom. The molecule has 2 aromatic rings. The first-order valence-electron chi connectivity index (χ1n) is 11.5. The van der Waals surface area contributed by atoms with Gasteiger partial charge in [-0.15, -0.1) is 0 Å². The van der Waals surface area contributed by atoms with Crippen LogP contribution in [0.1, 0.15) is 59.6 Å². The minimum atomic E-state index is 0.0461. The summed E-state index contributed by atoms with van der Waals surface area (Å²) in [6.07, 6.45) is 9.46. The van der Waals surface area contributed by atoms with Crippen molar-refractivity contribution in [3.05, 3.63) is 59.4 Å². The molecular formula is C25H30N4O2. The molecule has 2 heterocycles. The van der Waals surface area contributed by atoms with Gasteiger partial charge in [0.25, 0.3) is 5.91 Å². The number of nitrogens with zero attached hydrogens (tertiary/aromatic N) is 3. The van der Waals surface area contributed by atoms with Crippen LogP contribution in [0.4, 0.5) is 5.69 Å². The van der Waals surface area contributed by atoms with Gasteiger partial charge in [-0.2, -0.15) is 0 Å². The van der Waals surface area contributed by atoms with E-state index in [1.54, 1.807) is 0 Å². The Balaban J connectivity index is 1.23. The zero-order chi connectivity index (χ0) is 21.4. The van der Waals surface area contributed by atoms with Gasteiger partial charge in [-0.25, -0.2) is 0 Å². The molecule has 2 aliphatic carbocycles. The number of pyridine rings is 1. The monoisotopic (exact) mass is 418 g/mol. The van der Waals surface area contributed by atoms with Gasteiger partial charge in [0.2, 0.25) is 5.91 Å². The Bertz CT molecular complexity index is 965. The summed E-state index contributed by atoms with van der Waals surface area (Å²) < 4.78 is 0. The van der Waals surface area contributed by atoms with Gasteiger partial charge >= 0.3 is 0 Å². The van der Waals surface area contributed by atoms with Crippen molar-refractivity contribution in [1.82, 2.24) is 15.2 Å². The van der Waals surface area contributed by atoms with Gasteiger partial charge in [0.1, 0.15) is 0 Å². The van der Waals surface area contributed by atoms with Crippen molar-refractivity contribution in [2.75, 3.05) is 25.0 Å². The van der Waals surface area contributed by atoms with E-state index in [4.69, 9.17) is 0 Å². The molecule has 3 aliphatic rings. The second-order valence-corrected chi connectivity index (χ2v) is 9.13. The van der Waals surface area contributed by atoms with Crippen LogP contribution in [0, 0.1) is 5.92 Å². The van der Waals surface area contributed by atoms with Crippen molar-refractivity contribution >= 4 is 17.5 Å². The smallest absolute Gasteiger partial charge is 0.253 e. The van der Waals surface area contributed by atoms with Crippen molar-refractivity contribution in [1.29, 1.82) is 0 Å². The van der Waals surface area contributed by atoms with E-state index in [1.165, 1.54) is 11.3 Å². The van der Waals surface area contributed by atoms with E-state index < -0.39 is 0 Å². The number of piperidine rings is 1. The van der Waals surface area contributed by atoms with Crippen LogP contribution in [0.5, 0.6) is 0 Å². The third-order valence-corrected chi connectivity index (χ3v) is 7.10. The maximum Gasteiger partial charge on any atom is 0.253 e. The number of anilines is 1. The van der Waals surface area contributed by atoms with Gasteiger partial charge in [-0.1, -0.05) is 6.07 Å². The molecule has 1 N–H and O–H groups in total. The number of benzene rings is 1. The molecule has 31 heavy (non-hydrogen) atoms. The van der Waals surface area contributed by atoms with Gasteiger partial charge in [0, 0.05) is 55.7 Å². The molecule has 1 aliphatic heterocycles.